The van der Waals surface area contributed by atoms with Crippen LogP contribution in [0.1, 0.15) is 38.4 Å². The SMILES string of the molecule is CC(C)(C)N1Cc2ccc(OC3CCOC3)nc2C1. The second kappa shape index (κ2) is 4.76. The zero-order chi connectivity index (χ0) is 13.5. The fraction of sp³-hybridized carbons (Fsp3) is 0.667. The maximum atomic E-state index is 5.87. The molecule has 0 bridgehead atoms. The minimum absolute atomic E-state index is 0.172. The van der Waals surface area contributed by atoms with Crippen LogP contribution in [-0.2, 0) is 17.8 Å². The van der Waals surface area contributed by atoms with Gasteiger partial charge in [0, 0.05) is 31.1 Å². The summed E-state index contributed by atoms with van der Waals surface area (Å²) < 4.78 is 11.2. The summed E-state index contributed by atoms with van der Waals surface area (Å²) in [5.74, 6) is 0.741. The van der Waals surface area contributed by atoms with Gasteiger partial charge in [-0.2, -0.15) is 0 Å². The Kier molecular flexibility index (Phi) is 3.23. The van der Waals surface area contributed by atoms with Crippen molar-refractivity contribution in [1.82, 2.24) is 9.88 Å². The molecule has 1 aromatic rings. The van der Waals surface area contributed by atoms with Crippen LogP contribution < -0.4 is 4.74 Å². The van der Waals surface area contributed by atoms with Crippen molar-refractivity contribution in [3.05, 3.63) is 23.4 Å². The molecule has 104 valence electrons. The normalized spacial score (nSPS) is 23.6. The van der Waals surface area contributed by atoms with Gasteiger partial charge in [0.1, 0.15) is 6.10 Å². The van der Waals surface area contributed by atoms with Crippen molar-refractivity contribution < 1.29 is 9.47 Å². The van der Waals surface area contributed by atoms with Gasteiger partial charge >= 0.3 is 0 Å². The highest BCUT2D eigenvalue weighted by Crippen LogP contribution is 2.29. The van der Waals surface area contributed by atoms with Gasteiger partial charge in [-0.15, -0.1) is 0 Å². The van der Waals surface area contributed by atoms with Crippen molar-refractivity contribution in [2.75, 3.05) is 13.2 Å². The molecule has 0 amide bonds. The molecule has 0 aliphatic carbocycles. The van der Waals surface area contributed by atoms with Crippen molar-refractivity contribution in [2.45, 2.75) is 51.9 Å². The largest absolute Gasteiger partial charge is 0.472 e. The van der Waals surface area contributed by atoms with Gasteiger partial charge in [0.2, 0.25) is 5.88 Å². The lowest BCUT2D eigenvalue weighted by Crippen LogP contribution is -2.36. The van der Waals surface area contributed by atoms with E-state index in [0.717, 1.165) is 37.7 Å². The van der Waals surface area contributed by atoms with Crippen molar-refractivity contribution in [1.29, 1.82) is 0 Å². The average molecular weight is 262 g/mol. The fourth-order valence-electron chi connectivity index (χ4n) is 2.55. The lowest BCUT2D eigenvalue weighted by Gasteiger charge is -2.30. The molecule has 0 N–H and O–H groups in total. The van der Waals surface area contributed by atoms with Gasteiger partial charge in [-0.05, 0) is 26.3 Å². The first-order chi connectivity index (χ1) is 9.02. The van der Waals surface area contributed by atoms with Crippen LogP contribution in [0, 0.1) is 0 Å². The van der Waals surface area contributed by atoms with Gasteiger partial charge in [0.05, 0.1) is 18.9 Å². The summed E-state index contributed by atoms with van der Waals surface area (Å²) in [6, 6.07) is 4.14. The number of hydrogen-bond acceptors (Lipinski definition) is 4. The number of ether oxygens (including phenoxy) is 2. The third kappa shape index (κ3) is 2.74. The lowest BCUT2D eigenvalue weighted by atomic mass is 10.1. The summed E-state index contributed by atoms with van der Waals surface area (Å²) in [4.78, 5) is 7.10. The first kappa shape index (κ1) is 12.9. The highest BCUT2D eigenvalue weighted by atomic mass is 16.5. The van der Waals surface area contributed by atoms with E-state index in [2.05, 4.69) is 36.7 Å². The molecule has 1 unspecified atom stereocenters. The molecule has 2 aliphatic rings. The highest BCUT2D eigenvalue weighted by molar-refractivity contribution is 5.29. The van der Waals surface area contributed by atoms with Crippen LogP contribution >= 0.6 is 0 Å². The minimum Gasteiger partial charge on any atom is -0.472 e. The van der Waals surface area contributed by atoms with Gasteiger partial charge < -0.3 is 9.47 Å². The van der Waals surface area contributed by atoms with Crippen LogP contribution in [0.5, 0.6) is 5.88 Å². The summed E-state index contributed by atoms with van der Waals surface area (Å²) in [5, 5.41) is 0. The van der Waals surface area contributed by atoms with Gasteiger partial charge in [-0.25, -0.2) is 4.98 Å². The Morgan fingerprint density at radius 2 is 2.16 bits per heavy atom. The van der Waals surface area contributed by atoms with Crippen LogP contribution in [0.25, 0.3) is 0 Å². The standard InChI is InChI=1S/C15H22N2O2/c1-15(2,3)17-8-11-4-5-14(16-13(11)9-17)19-12-6-7-18-10-12/h4-5,12H,6-10H2,1-3H3. The number of rotatable bonds is 2. The molecule has 1 fully saturated rings. The van der Waals surface area contributed by atoms with E-state index in [4.69, 9.17) is 9.47 Å². The predicted molar refractivity (Wildman–Crippen MR) is 73.1 cm³/mol. The summed E-state index contributed by atoms with van der Waals surface area (Å²) in [6.45, 7) is 10.1. The van der Waals surface area contributed by atoms with Gasteiger partial charge in [-0.1, -0.05) is 6.07 Å². The third-order valence-corrected chi connectivity index (χ3v) is 3.87. The molecule has 19 heavy (non-hydrogen) atoms. The predicted octanol–water partition coefficient (Wildman–Crippen LogP) is 2.36. The molecular weight excluding hydrogens is 240 g/mol. The highest BCUT2D eigenvalue weighted by Gasteiger charge is 2.29. The molecule has 4 nitrogen and oxygen atoms in total. The van der Waals surface area contributed by atoms with Crippen LogP contribution in [0.2, 0.25) is 0 Å². The topological polar surface area (TPSA) is 34.6 Å². The van der Waals surface area contributed by atoms with E-state index in [1.54, 1.807) is 0 Å². The van der Waals surface area contributed by atoms with E-state index < -0.39 is 0 Å². The molecule has 0 spiro atoms. The second-order valence-electron chi connectivity index (χ2n) is 6.39. The van der Waals surface area contributed by atoms with Crippen LogP contribution in [0.15, 0.2) is 12.1 Å². The van der Waals surface area contributed by atoms with Crippen molar-refractivity contribution >= 4 is 0 Å². The molecule has 2 aliphatic heterocycles. The lowest BCUT2D eigenvalue weighted by molar-refractivity contribution is 0.133. The number of hydrogen-bond donors (Lipinski definition) is 0. The molecule has 3 rings (SSSR count). The quantitative estimate of drug-likeness (QED) is 0.819. The number of pyridine rings is 1. The molecule has 0 saturated carbocycles. The third-order valence-electron chi connectivity index (χ3n) is 3.87. The molecular formula is C15H22N2O2. The Labute approximate surface area is 114 Å². The van der Waals surface area contributed by atoms with Crippen molar-refractivity contribution in [2.24, 2.45) is 0 Å². The van der Waals surface area contributed by atoms with E-state index in [-0.39, 0.29) is 11.6 Å². The summed E-state index contributed by atoms with van der Waals surface area (Å²) in [5.41, 5.74) is 2.66. The number of aromatic nitrogens is 1. The Morgan fingerprint density at radius 1 is 1.32 bits per heavy atom. The number of nitrogens with zero attached hydrogens (tertiary/aromatic N) is 2. The van der Waals surface area contributed by atoms with Gasteiger partial charge in [-0.3, -0.25) is 4.90 Å². The maximum Gasteiger partial charge on any atom is 0.213 e. The molecule has 4 heteroatoms. The fourth-order valence-corrected chi connectivity index (χ4v) is 2.55. The summed E-state index contributed by atoms with van der Waals surface area (Å²) in [6.07, 6.45) is 1.14. The van der Waals surface area contributed by atoms with Crippen LogP contribution in [-0.4, -0.2) is 34.7 Å². The Bertz CT molecular complexity index is 462. The van der Waals surface area contributed by atoms with E-state index in [9.17, 15) is 0 Å². The Hall–Kier alpha value is -1.13. The second-order valence-corrected chi connectivity index (χ2v) is 6.39. The van der Waals surface area contributed by atoms with Crippen LogP contribution in [0.3, 0.4) is 0 Å². The average Bonchev–Trinajstić information content (AvgIpc) is 2.95. The van der Waals surface area contributed by atoms with E-state index in [1.807, 2.05) is 6.07 Å². The summed E-state index contributed by atoms with van der Waals surface area (Å²) >= 11 is 0. The monoisotopic (exact) mass is 262 g/mol. The minimum atomic E-state index is 0.172. The first-order valence-corrected chi connectivity index (χ1v) is 7.00. The Balaban J connectivity index is 1.72. The first-order valence-electron chi connectivity index (χ1n) is 7.00. The van der Waals surface area contributed by atoms with Gasteiger partial charge in [0.15, 0.2) is 0 Å². The molecule has 0 aromatic carbocycles. The molecule has 1 atom stereocenters. The van der Waals surface area contributed by atoms with E-state index in [1.165, 1.54) is 5.56 Å². The van der Waals surface area contributed by atoms with Crippen molar-refractivity contribution in [3.8, 4) is 5.88 Å². The van der Waals surface area contributed by atoms with E-state index in [0.29, 0.717) is 6.61 Å². The molecule has 0 radical (unpaired) electrons. The smallest absolute Gasteiger partial charge is 0.213 e. The molecule has 1 aromatic heterocycles. The zero-order valence-electron chi connectivity index (χ0n) is 12.0. The number of fused-ring (bicyclic) bond motifs is 1. The van der Waals surface area contributed by atoms with Crippen molar-refractivity contribution in [3.63, 3.8) is 0 Å². The summed E-state index contributed by atoms with van der Waals surface area (Å²) in [7, 11) is 0. The maximum absolute atomic E-state index is 5.87. The molecule has 1 saturated heterocycles. The van der Waals surface area contributed by atoms with Gasteiger partial charge in [0.25, 0.3) is 0 Å². The van der Waals surface area contributed by atoms with Crippen LogP contribution in [0.4, 0.5) is 0 Å². The van der Waals surface area contributed by atoms with E-state index >= 15 is 0 Å². The zero-order valence-corrected chi connectivity index (χ0v) is 12.0. The molecule has 3 heterocycles. The Morgan fingerprint density at radius 3 is 2.84 bits per heavy atom.